The second kappa shape index (κ2) is 8.77. The SMILES string of the molecule is Cl.NCC1CCCCC1NC(=O)C1CC(=O)N(c2ccc(F)cc2F)C1. The first kappa shape index (κ1) is 20.6. The third-order valence-corrected chi connectivity index (χ3v) is 5.24. The van der Waals surface area contributed by atoms with E-state index in [1.165, 1.54) is 11.0 Å². The largest absolute Gasteiger partial charge is 0.353 e. The van der Waals surface area contributed by atoms with E-state index >= 15 is 0 Å². The van der Waals surface area contributed by atoms with Crippen molar-refractivity contribution >= 4 is 29.9 Å². The van der Waals surface area contributed by atoms with Crippen molar-refractivity contribution in [3.63, 3.8) is 0 Å². The van der Waals surface area contributed by atoms with Gasteiger partial charge in [0, 0.05) is 25.1 Å². The van der Waals surface area contributed by atoms with E-state index in [1.807, 2.05) is 0 Å². The van der Waals surface area contributed by atoms with E-state index in [0.29, 0.717) is 6.54 Å². The number of benzene rings is 1. The molecule has 3 N–H and O–H groups in total. The Morgan fingerprint density at radius 2 is 2.00 bits per heavy atom. The average molecular weight is 388 g/mol. The number of rotatable bonds is 4. The molecule has 0 spiro atoms. The number of carbonyl (C=O) groups is 2. The van der Waals surface area contributed by atoms with Crippen molar-refractivity contribution in [3.05, 3.63) is 29.8 Å². The molecule has 1 saturated carbocycles. The summed E-state index contributed by atoms with van der Waals surface area (Å²) in [6.45, 7) is 0.634. The van der Waals surface area contributed by atoms with Gasteiger partial charge in [0.25, 0.3) is 0 Å². The summed E-state index contributed by atoms with van der Waals surface area (Å²) in [5.41, 5.74) is 5.80. The molecule has 0 radical (unpaired) electrons. The third kappa shape index (κ3) is 4.32. The van der Waals surface area contributed by atoms with E-state index in [9.17, 15) is 18.4 Å². The summed E-state index contributed by atoms with van der Waals surface area (Å²) in [5.74, 6) is -2.29. The molecule has 3 atom stereocenters. The van der Waals surface area contributed by atoms with Gasteiger partial charge in [-0.1, -0.05) is 12.8 Å². The van der Waals surface area contributed by atoms with Crippen molar-refractivity contribution in [1.82, 2.24) is 5.32 Å². The minimum atomic E-state index is -0.801. The number of halogens is 3. The van der Waals surface area contributed by atoms with Crippen LogP contribution in [0.1, 0.15) is 32.1 Å². The fraction of sp³-hybridized carbons (Fsp3) is 0.556. The molecule has 2 fully saturated rings. The molecule has 1 aliphatic heterocycles. The summed E-state index contributed by atoms with van der Waals surface area (Å²) in [6.07, 6.45) is 4.09. The maximum absolute atomic E-state index is 13.9. The number of anilines is 1. The van der Waals surface area contributed by atoms with Gasteiger partial charge in [-0.15, -0.1) is 12.4 Å². The number of hydrogen-bond donors (Lipinski definition) is 2. The van der Waals surface area contributed by atoms with Crippen LogP contribution in [0.25, 0.3) is 0 Å². The molecule has 5 nitrogen and oxygen atoms in total. The molecule has 2 aliphatic rings. The number of amides is 2. The van der Waals surface area contributed by atoms with Crippen LogP contribution in [0.4, 0.5) is 14.5 Å². The molecule has 2 amide bonds. The summed E-state index contributed by atoms with van der Waals surface area (Å²) < 4.78 is 27.0. The van der Waals surface area contributed by atoms with Crippen LogP contribution in [0.5, 0.6) is 0 Å². The van der Waals surface area contributed by atoms with Gasteiger partial charge in [0.05, 0.1) is 11.6 Å². The number of nitrogens with two attached hydrogens (primary N) is 1. The predicted octanol–water partition coefficient (Wildman–Crippen LogP) is 2.37. The highest BCUT2D eigenvalue weighted by molar-refractivity contribution is 6.00. The van der Waals surface area contributed by atoms with Gasteiger partial charge in [0.1, 0.15) is 11.6 Å². The molecule has 1 heterocycles. The molecular weight excluding hydrogens is 364 g/mol. The van der Waals surface area contributed by atoms with Gasteiger partial charge in [0.2, 0.25) is 11.8 Å². The van der Waals surface area contributed by atoms with Crippen LogP contribution in [-0.2, 0) is 9.59 Å². The first-order valence-corrected chi connectivity index (χ1v) is 8.75. The number of nitrogens with one attached hydrogen (secondary N) is 1. The molecule has 1 aliphatic carbocycles. The maximum Gasteiger partial charge on any atom is 0.227 e. The van der Waals surface area contributed by atoms with Gasteiger partial charge < -0.3 is 16.0 Å². The molecule has 8 heteroatoms. The van der Waals surface area contributed by atoms with Crippen molar-refractivity contribution in [3.8, 4) is 0 Å². The Morgan fingerprint density at radius 1 is 1.27 bits per heavy atom. The molecule has 0 aromatic heterocycles. The van der Waals surface area contributed by atoms with Crippen LogP contribution in [0.3, 0.4) is 0 Å². The van der Waals surface area contributed by atoms with E-state index < -0.39 is 17.6 Å². The standard InChI is InChI=1S/C18H23F2N3O2.ClH/c19-13-5-6-16(14(20)8-13)23-10-12(7-17(23)24)18(25)22-15-4-2-1-3-11(15)9-21;/h5-6,8,11-12,15H,1-4,7,9-10,21H2,(H,22,25);1H. The first-order chi connectivity index (χ1) is 12.0. The van der Waals surface area contributed by atoms with Crippen molar-refractivity contribution in [2.45, 2.75) is 38.1 Å². The zero-order valence-electron chi connectivity index (χ0n) is 14.4. The molecule has 1 aromatic carbocycles. The summed E-state index contributed by atoms with van der Waals surface area (Å²) >= 11 is 0. The van der Waals surface area contributed by atoms with Crippen LogP contribution < -0.4 is 16.0 Å². The monoisotopic (exact) mass is 387 g/mol. The topological polar surface area (TPSA) is 75.4 Å². The molecule has 0 bridgehead atoms. The van der Waals surface area contributed by atoms with Crippen molar-refractivity contribution < 1.29 is 18.4 Å². The fourth-order valence-electron chi connectivity index (χ4n) is 3.80. The number of carbonyl (C=O) groups excluding carboxylic acids is 2. The first-order valence-electron chi connectivity index (χ1n) is 8.75. The Labute approximate surface area is 157 Å². The summed E-state index contributed by atoms with van der Waals surface area (Å²) in [4.78, 5) is 26.0. The quantitative estimate of drug-likeness (QED) is 0.832. The molecule has 3 unspecified atom stereocenters. The molecule has 3 rings (SSSR count). The lowest BCUT2D eigenvalue weighted by atomic mass is 9.84. The lowest BCUT2D eigenvalue weighted by Crippen LogP contribution is -2.47. The van der Waals surface area contributed by atoms with Gasteiger partial charge in [-0.25, -0.2) is 8.78 Å². The molecule has 1 aromatic rings. The van der Waals surface area contributed by atoms with Crippen LogP contribution in [-0.4, -0.2) is 30.9 Å². The molecular formula is C18H24ClF2N3O2. The van der Waals surface area contributed by atoms with Crippen molar-refractivity contribution in [2.75, 3.05) is 18.0 Å². The average Bonchev–Trinajstić information content (AvgIpc) is 2.97. The summed E-state index contributed by atoms with van der Waals surface area (Å²) in [6, 6.07) is 3.11. The van der Waals surface area contributed by atoms with E-state index in [1.54, 1.807) is 0 Å². The molecule has 144 valence electrons. The normalized spacial score (nSPS) is 25.7. The predicted molar refractivity (Wildman–Crippen MR) is 97.0 cm³/mol. The lowest BCUT2D eigenvalue weighted by molar-refractivity contribution is -0.127. The van der Waals surface area contributed by atoms with Crippen molar-refractivity contribution in [1.29, 1.82) is 0 Å². The second-order valence-electron chi connectivity index (χ2n) is 6.90. The zero-order valence-corrected chi connectivity index (χ0v) is 15.2. The van der Waals surface area contributed by atoms with Crippen LogP contribution in [0.15, 0.2) is 18.2 Å². The van der Waals surface area contributed by atoms with Gasteiger partial charge >= 0.3 is 0 Å². The van der Waals surface area contributed by atoms with E-state index in [-0.39, 0.29) is 54.8 Å². The van der Waals surface area contributed by atoms with Crippen LogP contribution in [0.2, 0.25) is 0 Å². The number of hydrogen-bond acceptors (Lipinski definition) is 3. The van der Waals surface area contributed by atoms with Crippen molar-refractivity contribution in [2.24, 2.45) is 17.6 Å². The van der Waals surface area contributed by atoms with Crippen LogP contribution in [0, 0.1) is 23.5 Å². The third-order valence-electron chi connectivity index (χ3n) is 5.24. The summed E-state index contributed by atoms with van der Waals surface area (Å²) in [7, 11) is 0. The minimum absolute atomic E-state index is 0. The highest BCUT2D eigenvalue weighted by atomic mass is 35.5. The lowest BCUT2D eigenvalue weighted by Gasteiger charge is -2.32. The zero-order chi connectivity index (χ0) is 18.0. The van der Waals surface area contributed by atoms with E-state index in [0.717, 1.165) is 37.8 Å². The second-order valence-corrected chi connectivity index (χ2v) is 6.90. The molecule has 26 heavy (non-hydrogen) atoms. The smallest absolute Gasteiger partial charge is 0.227 e. The highest BCUT2D eigenvalue weighted by Crippen LogP contribution is 2.29. The fourth-order valence-corrected chi connectivity index (χ4v) is 3.80. The van der Waals surface area contributed by atoms with E-state index in [2.05, 4.69) is 5.32 Å². The van der Waals surface area contributed by atoms with Crippen LogP contribution >= 0.6 is 12.4 Å². The Bertz CT molecular complexity index is 674. The molecule has 1 saturated heterocycles. The van der Waals surface area contributed by atoms with E-state index in [4.69, 9.17) is 5.73 Å². The Hall–Kier alpha value is -1.73. The summed E-state index contributed by atoms with van der Waals surface area (Å²) in [5, 5.41) is 3.03. The van der Waals surface area contributed by atoms with Gasteiger partial charge in [0.15, 0.2) is 0 Å². The Balaban J connectivity index is 0.00000243. The Morgan fingerprint density at radius 3 is 2.69 bits per heavy atom. The highest BCUT2D eigenvalue weighted by Gasteiger charge is 2.37. The minimum Gasteiger partial charge on any atom is -0.353 e. The van der Waals surface area contributed by atoms with Gasteiger partial charge in [-0.05, 0) is 37.4 Å². The van der Waals surface area contributed by atoms with Gasteiger partial charge in [-0.2, -0.15) is 0 Å². The number of nitrogens with zero attached hydrogens (tertiary/aromatic N) is 1. The van der Waals surface area contributed by atoms with Gasteiger partial charge in [-0.3, -0.25) is 9.59 Å². The maximum atomic E-state index is 13.9. The Kier molecular flexibility index (Phi) is 6.94.